The van der Waals surface area contributed by atoms with Gasteiger partial charge >= 0.3 is 6.18 Å². The fourth-order valence-electron chi connectivity index (χ4n) is 3.52. The average molecular weight is 392 g/mol. The first kappa shape index (κ1) is 18.5. The normalized spacial score (nSPS) is 17.8. The number of carbonyl (C=O) groups is 1. The molecule has 0 aliphatic carbocycles. The zero-order chi connectivity index (χ0) is 20.1. The Labute approximate surface area is 158 Å². The van der Waals surface area contributed by atoms with Crippen LogP contribution in [0.5, 0.6) is 0 Å². The van der Waals surface area contributed by atoms with Crippen molar-refractivity contribution in [2.45, 2.75) is 44.8 Å². The number of nitrogens with one attached hydrogen (secondary N) is 1. The van der Waals surface area contributed by atoms with Crippen molar-refractivity contribution in [2.75, 3.05) is 6.54 Å². The SMILES string of the molecule is CC(C)c1cc(C(F)(F)F)n2nc([C@H]3CCCN3C(=O)c3ccn[nH]3)cc2n1. The maximum Gasteiger partial charge on any atom is 0.433 e. The van der Waals surface area contributed by atoms with Crippen molar-refractivity contribution in [3.63, 3.8) is 0 Å². The molecule has 1 atom stereocenters. The van der Waals surface area contributed by atoms with E-state index in [-0.39, 0.29) is 17.5 Å². The van der Waals surface area contributed by atoms with Gasteiger partial charge in [0.1, 0.15) is 11.4 Å². The Hall–Kier alpha value is -2.91. The van der Waals surface area contributed by atoms with Crippen LogP contribution in [0.15, 0.2) is 24.4 Å². The van der Waals surface area contributed by atoms with Crippen LogP contribution in [-0.2, 0) is 6.18 Å². The van der Waals surface area contributed by atoms with Crippen molar-refractivity contribution in [1.29, 1.82) is 0 Å². The number of hydrogen-bond acceptors (Lipinski definition) is 4. The van der Waals surface area contributed by atoms with Gasteiger partial charge in [-0.1, -0.05) is 13.8 Å². The molecule has 1 N–H and O–H groups in total. The van der Waals surface area contributed by atoms with Crippen LogP contribution in [-0.4, -0.2) is 42.1 Å². The highest BCUT2D eigenvalue weighted by atomic mass is 19.4. The highest BCUT2D eigenvalue weighted by molar-refractivity contribution is 5.92. The Balaban J connectivity index is 1.78. The number of halogens is 3. The summed E-state index contributed by atoms with van der Waals surface area (Å²) in [5, 5.41) is 10.6. The van der Waals surface area contributed by atoms with Crippen molar-refractivity contribution in [3.05, 3.63) is 47.2 Å². The number of fused-ring (bicyclic) bond motifs is 1. The highest BCUT2D eigenvalue weighted by Crippen LogP contribution is 2.35. The first-order valence-electron chi connectivity index (χ1n) is 9.04. The van der Waals surface area contributed by atoms with Crippen molar-refractivity contribution in [1.82, 2.24) is 29.7 Å². The molecule has 7 nitrogen and oxygen atoms in total. The maximum atomic E-state index is 13.6. The number of amides is 1. The number of alkyl halides is 3. The summed E-state index contributed by atoms with van der Waals surface area (Å²) in [4.78, 5) is 18.7. The Morgan fingerprint density at radius 2 is 2.11 bits per heavy atom. The minimum absolute atomic E-state index is 0.134. The van der Waals surface area contributed by atoms with Gasteiger partial charge in [0.25, 0.3) is 5.91 Å². The Morgan fingerprint density at radius 3 is 2.75 bits per heavy atom. The standard InChI is InChI=1S/C18H19F3N6O/c1-10(2)12-8-15(18(19,20)21)27-16(23-12)9-13(25-27)14-4-3-7-26(14)17(28)11-5-6-22-24-11/h5-6,8-10,14H,3-4,7H2,1-2H3,(H,22,24)/t14-/m1/s1. The molecule has 0 radical (unpaired) electrons. The summed E-state index contributed by atoms with van der Waals surface area (Å²) >= 11 is 0. The third-order valence-electron chi connectivity index (χ3n) is 4.93. The molecule has 1 saturated heterocycles. The molecule has 0 spiro atoms. The van der Waals surface area contributed by atoms with Crippen molar-refractivity contribution >= 4 is 11.6 Å². The van der Waals surface area contributed by atoms with Crippen LogP contribution in [0.25, 0.3) is 5.65 Å². The zero-order valence-electron chi connectivity index (χ0n) is 15.4. The fourth-order valence-corrected chi connectivity index (χ4v) is 3.52. The zero-order valence-corrected chi connectivity index (χ0v) is 15.4. The summed E-state index contributed by atoms with van der Waals surface area (Å²) in [6.45, 7) is 4.09. The number of nitrogens with zero attached hydrogens (tertiary/aromatic N) is 5. The number of H-pyrrole nitrogens is 1. The molecule has 1 aliphatic heterocycles. The lowest BCUT2D eigenvalue weighted by molar-refractivity contribution is -0.142. The predicted molar refractivity (Wildman–Crippen MR) is 93.7 cm³/mol. The molecule has 10 heteroatoms. The molecule has 1 amide bonds. The monoisotopic (exact) mass is 392 g/mol. The molecule has 0 unspecified atom stereocenters. The lowest BCUT2D eigenvalue weighted by atomic mass is 10.1. The second-order valence-electron chi connectivity index (χ2n) is 7.18. The van der Waals surface area contributed by atoms with Gasteiger partial charge in [0.05, 0.1) is 11.7 Å². The number of aromatic amines is 1. The predicted octanol–water partition coefficient (Wildman–Crippen LogP) is 3.57. The van der Waals surface area contributed by atoms with Gasteiger partial charge in [0, 0.05) is 24.5 Å². The van der Waals surface area contributed by atoms with Crippen LogP contribution in [0.4, 0.5) is 13.2 Å². The Kier molecular flexibility index (Phi) is 4.35. The summed E-state index contributed by atoms with van der Waals surface area (Å²) in [6, 6.07) is 3.75. The van der Waals surface area contributed by atoms with E-state index < -0.39 is 17.9 Å². The number of rotatable bonds is 3. The third-order valence-corrected chi connectivity index (χ3v) is 4.93. The molecule has 4 rings (SSSR count). The molecule has 1 fully saturated rings. The molecule has 148 valence electrons. The number of likely N-dealkylation sites (tertiary alicyclic amines) is 1. The van der Waals surface area contributed by atoms with Crippen LogP contribution >= 0.6 is 0 Å². The second kappa shape index (κ2) is 6.61. The molecule has 0 bridgehead atoms. The maximum absolute atomic E-state index is 13.6. The number of hydrogen-bond donors (Lipinski definition) is 1. The lowest BCUT2D eigenvalue weighted by Gasteiger charge is -2.22. The second-order valence-corrected chi connectivity index (χ2v) is 7.18. The van der Waals surface area contributed by atoms with Crippen LogP contribution in [0, 0.1) is 0 Å². The van der Waals surface area contributed by atoms with Gasteiger partial charge in [-0.15, -0.1) is 0 Å². The fraction of sp³-hybridized carbons (Fsp3) is 0.444. The minimum Gasteiger partial charge on any atom is -0.329 e. The molecule has 28 heavy (non-hydrogen) atoms. The quantitative estimate of drug-likeness (QED) is 0.739. The van der Waals surface area contributed by atoms with Crippen LogP contribution in [0.3, 0.4) is 0 Å². The molecular formula is C18H19F3N6O. The van der Waals surface area contributed by atoms with E-state index in [1.165, 1.54) is 6.20 Å². The van der Waals surface area contributed by atoms with E-state index in [2.05, 4.69) is 20.3 Å². The van der Waals surface area contributed by atoms with Gasteiger partial charge in [-0.2, -0.15) is 23.4 Å². The Bertz CT molecular complexity index is 1010. The molecule has 0 aromatic carbocycles. The molecular weight excluding hydrogens is 373 g/mol. The summed E-state index contributed by atoms with van der Waals surface area (Å²) in [5.41, 5.74) is 0.366. The van der Waals surface area contributed by atoms with E-state index in [4.69, 9.17) is 0 Å². The van der Waals surface area contributed by atoms with Crippen molar-refractivity contribution in [2.24, 2.45) is 0 Å². The lowest BCUT2D eigenvalue weighted by Crippen LogP contribution is -2.31. The smallest absolute Gasteiger partial charge is 0.329 e. The van der Waals surface area contributed by atoms with Gasteiger partial charge < -0.3 is 4.90 Å². The van der Waals surface area contributed by atoms with Gasteiger partial charge in [-0.05, 0) is 30.9 Å². The molecule has 4 heterocycles. The van der Waals surface area contributed by atoms with Gasteiger partial charge in [-0.3, -0.25) is 9.89 Å². The minimum atomic E-state index is -4.56. The molecule has 3 aromatic heterocycles. The van der Waals surface area contributed by atoms with E-state index in [0.29, 0.717) is 30.0 Å². The average Bonchev–Trinajstić information content (AvgIpc) is 3.38. The van der Waals surface area contributed by atoms with Crippen LogP contribution in [0.2, 0.25) is 0 Å². The van der Waals surface area contributed by atoms with Crippen molar-refractivity contribution in [3.8, 4) is 0 Å². The van der Waals surface area contributed by atoms with E-state index in [9.17, 15) is 18.0 Å². The summed E-state index contributed by atoms with van der Waals surface area (Å²) < 4.78 is 41.6. The first-order valence-corrected chi connectivity index (χ1v) is 9.04. The number of aromatic nitrogens is 5. The van der Waals surface area contributed by atoms with Crippen LogP contribution in [0.1, 0.15) is 66.2 Å². The van der Waals surface area contributed by atoms with E-state index in [0.717, 1.165) is 17.0 Å². The van der Waals surface area contributed by atoms with Crippen molar-refractivity contribution < 1.29 is 18.0 Å². The highest BCUT2D eigenvalue weighted by Gasteiger charge is 2.37. The van der Waals surface area contributed by atoms with Gasteiger partial charge in [-0.25, -0.2) is 9.50 Å². The number of carbonyl (C=O) groups excluding carboxylic acids is 1. The van der Waals surface area contributed by atoms with Crippen LogP contribution < -0.4 is 0 Å². The Morgan fingerprint density at radius 1 is 1.32 bits per heavy atom. The molecule has 0 saturated carbocycles. The molecule has 1 aliphatic rings. The summed E-state index contributed by atoms with van der Waals surface area (Å²) in [6.07, 6.45) is -1.71. The summed E-state index contributed by atoms with van der Waals surface area (Å²) in [7, 11) is 0. The molecule has 3 aromatic rings. The topological polar surface area (TPSA) is 79.2 Å². The first-order chi connectivity index (χ1) is 13.3. The van der Waals surface area contributed by atoms with Gasteiger partial charge in [0.15, 0.2) is 5.65 Å². The van der Waals surface area contributed by atoms with E-state index in [1.807, 2.05) is 0 Å². The van der Waals surface area contributed by atoms with Gasteiger partial charge in [0.2, 0.25) is 0 Å². The summed E-state index contributed by atoms with van der Waals surface area (Å²) in [5.74, 6) is -0.404. The third kappa shape index (κ3) is 3.12. The van der Waals surface area contributed by atoms with E-state index >= 15 is 0 Å². The van der Waals surface area contributed by atoms with E-state index in [1.54, 1.807) is 30.9 Å². The largest absolute Gasteiger partial charge is 0.433 e.